The third-order valence-electron chi connectivity index (χ3n) is 2.94. The summed E-state index contributed by atoms with van der Waals surface area (Å²) in [5, 5.41) is 11.7. The van der Waals surface area contributed by atoms with Crippen LogP contribution in [0.2, 0.25) is 0 Å². The van der Waals surface area contributed by atoms with E-state index >= 15 is 0 Å². The Balaban J connectivity index is 2.87. The zero-order valence-electron chi connectivity index (χ0n) is 11.8. The number of benzene rings is 1. The second-order valence-corrected chi connectivity index (χ2v) is 5.19. The molecule has 0 saturated heterocycles. The molecule has 0 aliphatic heterocycles. The van der Waals surface area contributed by atoms with Crippen molar-refractivity contribution in [1.29, 1.82) is 0 Å². The largest absolute Gasteiger partial charge is 0.481 e. The third-order valence-corrected chi connectivity index (χ3v) is 3.68. The third kappa shape index (κ3) is 4.86. The number of carbonyl (C=O) groups is 2. The van der Waals surface area contributed by atoms with E-state index in [4.69, 9.17) is 9.84 Å². The zero-order valence-corrected chi connectivity index (χ0v) is 12.6. The molecule has 0 aromatic heterocycles. The molecule has 1 aromatic carbocycles. The average Bonchev–Trinajstić information content (AvgIpc) is 2.45. The lowest BCUT2D eigenvalue weighted by atomic mass is 10.0. The van der Waals surface area contributed by atoms with Crippen molar-refractivity contribution in [2.75, 3.05) is 13.4 Å². The molecule has 1 aromatic rings. The Morgan fingerprint density at radius 3 is 2.40 bits per heavy atom. The van der Waals surface area contributed by atoms with Crippen molar-refractivity contribution in [3.05, 3.63) is 29.8 Å². The van der Waals surface area contributed by atoms with Crippen LogP contribution < -0.4 is 5.32 Å². The molecule has 110 valence electrons. The number of nitrogens with one attached hydrogen (secondary N) is 1. The van der Waals surface area contributed by atoms with Crippen molar-refractivity contribution in [2.45, 2.75) is 30.4 Å². The Morgan fingerprint density at radius 1 is 1.35 bits per heavy atom. The van der Waals surface area contributed by atoms with E-state index in [1.165, 1.54) is 7.11 Å². The molecular formula is C14H19NO4S. The monoisotopic (exact) mass is 297 g/mol. The fourth-order valence-electron chi connectivity index (χ4n) is 1.66. The van der Waals surface area contributed by atoms with Crippen molar-refractivity contribution >= 4 is 23.6 Å². The number of carboxylic acid groups (broad SMARTS) is 1. The molecule has 6 heteroatoms. The van der Waals surface area contributed by atoms with Crippen molar-refractivity contribution in [3.63, 3.8) is 0 Å². The quantitative estimate of drug-likeness (QED) is 0.754. The van der Waals surface area contributed by atoms with Crippen molar-refractivity contribution in [2.24, 2.45) is 0 Å². The predicted molar refractivity (Wildman–Crippen MR) is 77.8 cm³/mol. The lowest BCUT2D eigenvalue weighted by molar-refractivity contribution is -0.138. The Labute approximate surface area is 122 Å². The van der Waals surface area contributed by atoms with Crippen LogP contribution in [0.3, 0.4) is 0 Å². The maximum absolute atomic E-state index is 11.8. The van der Waals surface area contributed by atoms with Crippen LogP contribution in [-0.2, 0) is 14.3 Å². The van der Waals surface area contributed by atoms with Crippen LogP contribution in [0, 0.1) is 0 Å². The summed E-state index contributed by atoms with van der Waals surface area (Å²) in [6, 6.07) is 6.91. The molecule has 20 heavy (non-hydrogen) atoms. The summed E-state index contributed by atoms with van der Waals surface area (Å²) >= 11 is 1.60. The highest BCUT2D eigenvalue weighted by atomic mass is 32.2. The number of thioether (sulfide) groups is 1. The van der Waals surface area contributed by atoms with E-state index < -0.39 is 18.1 Å². The van der Waals surface area contributed by atoms with E-state index in [9.17, 15) is 9.59 Å². The Bertz CT molecular complexity index is 461. The molecule has 5 nitrogen and oxygen atoms in total. The summed E-state index contributed by atoms with van der Waals surface area (Å²) in [5.74, 6) is -1.29. The normalized spacial score (nSPS) is 13.6. The highest BCUT2D eigenvalue weighted by molar-refractivity contribution is 7.98. The molecule has 2 N–H and O–H groups in total. The molecule has 0 aliphatic carbocycles. The van der Waals surface area contributed by atoms with E-state index in [2.05, 4.69) is 5.32 Å². The molecule has 1 rings (SSSR count). The molecule has 0 fully saturated rings. The lowest BCUT2D eigenvalue weighted by Gasteiger charge is -2.20. The van der Waals surface area contributed by atoms with Gasteiger partial charge in [0.25, 0.3) is 0 Å². The van der Waals surface area contributed by atoms with Crippen LogP contribution in [0.25, 0.3) is 0 Å². The Morgan fingerprint density at radius 2 is 1.95 bits per heavy atom. The van der Waals surface area contributed by atoms with Crippen LogP contribution in [-0.4, -0.2) is 36.5 Å². The molecule has 0 saturated carbocycles. The number of methoxy groups -OCH3 is 1. The molecule has 0 bridgehead atoms. The van der Waals surface area contributed by atoms with Crippen LogP contribution in [0.1, 0.15) is 24.9 Å². The first-order valence-electron chi connectivity index (χ1n) is 6.16. The predicted octanol–water partition coefficient (Wildman–Crippen LogP) is 2.08. The summed E-state index contributed by atoms with van der Waals surface area (Å²) in [6.45, 7) is 1.62. The van der Waals surface area contributed by atoms with E-state index in [1.807, 2.05) is 30.5 Å². The van der Waals surface area contributed by atoms with Gasteiger partial charge >= 0.3 is 5.97 Å². The van der Waals surface area contributed by atoms with Gasteiger partial charge in [0.05, 0.1) is 12.5 Å². The molecule has 0 radical (unpaired) electrons. The van der Waals surface area contributed by atoms with Gasteiger partial charge in [0.1, 0.15) is 6.10 Å². The summed E-state index contributed by atoms with van der Waals surface area (Å²) in [6.07, 6.45) is 1.18. The Hall–Kier alpha value is -1.53. The SMILES string of the molecule is COC(C)C(=O)NC(CC(=O)O)c1ccc(SC)cc1. The van der Waals surface area contributed by atoms with Gasteiger partial charge in [-0.15, -0.1) is 11.8 Å². The van der Waals surface area contributed by atoms with Crippen molar-refractivity contribution < 1.29 is 19.4 Å². The summed E-state index contributed by atoms with van der Waals surface area (Å²) in [7, 11) is 1.43. The van der Waals surface area contributed by atoms with Crippen molar-refractivity contribution in [3.8, 4) is 0 Å². The number of hydrogen-bond acceptors (Lipinski definition) is 4. The van der Waals surface area contributed by atoms with E-state index in [0.29, 0.717) is 0 Å². The van der Waals surface area contributed by atoms with Gasteiger partial charge in [-0.2, -0.15) is 0 Å². The second-order valence-electron chi connectivity index (χ2n) is 4.31. The second kappa shape index (κ2) is 7.91. The van der Waals surface area contributed by atoms with Gasteiger partial charge in [-0.3, -0.25) is 9.59 Å². The minimum Gasteiger partial charge on any atom is -0.481 e. The van der Waals surface area contributed by atoms with Gasteiger partial charge in [0.2, 0.25) is 5.91 Å². The number of carboxylic acids is 1. The maximum Gasteiger partial charge on any atom is 0.305 e. The molecule has 1 amide bonds. The summed E-state index contributed by atoms with van der Waals surface area (Å²) in [4.78, 5) is 23.9. The van der Waals surface area contributed by atoms with Gasteiger partial charge in [-0.1, -0.05) is 12.1 Å². The standard InChI is InChI=1S/C14H19NO4S/c1-9(19-2)14(18)15-12(8-13(16)17)10-4-6-11(20-3)7-5-10/h4-7,9,12H,8H2,1-3H3,(H,15,18)(H,16,17). The minimum absolute atomic E-state index is 0.166. The van der Waals surface area contributed by atoms with Gasteiger partial charge in [-0.25, -0.2) is 0 Å². The van der Waals surface area contributed by atoms with Crippen molar-refractivity contribution in [1.82, 2.24) is 5.32 Å². The molecule has 2 atom stereocenters. The number of ether oxygens (including phenoxy) is 1. The Kier molecular flexibility index (Phi) is 6.54. The number of rotatable bonds is 7. The highest BCUT2D eigenvalue weighted by Gasteiger charge is 2.21. The highest BCUT2D eigenvalue weighted by Crippen LogP contribution is 2.21. The smallest absolute Gasteiger partial charge is 0.305 e. The molecule has 2 unspecified atom stereocenters. The van der Waals surface area contributed by atoms with E-state index in [1.54, 1.807) is 18.7 Å². The first-order chi connectivity index (χ1) is 9.47. The minimum atomic E-state index is -0.964. The van der Waals surface area contributed by atoms with E-state index in [0.717, 1.165) is 10.5 Å². The van der Waals surface area contributed by atoms with Gasteiger partial charge in [0.15, 0.2) is 0 Å². The summed E-state index contributed by atoms with van der Waals surface area (Å²) in [5.41, 5.74) is 0.766. The number of aliphatic carboxylic acids is 1. The van der Waals surface area contributed by atoms with Gasteiger partial charge < -0.3 is 15.2 Å². The number of carbonyl (C=O) groups excluding carboxylic acids is 1. The molecule has 0 aliphatic rings. The van der Waals surface area contributed by atoms with Gasteiger partial charge in [0, 0.05) is 12.0 Å². The zero-order chi connectivity index (χ0) is 15.1. The first kappa shape index (κ1) is 16.5. The number of hydrogen-bond donors (Lipinski definition) is 2. The van der Waals surface area contributed by atoms with Crippen LogP contribution in [0.4, 0.5) is 0 Å². The van der Waals surface area contributed by atoms with Gasteiger partial charge in [-0.05, 0) is 30.9 Å². The fourth-order valence-corrected chi connectivity index (χ4v) is 2.07. The van der Waals surface area contributed by atoms with Crippen LogP contribution in [0.15, 0.2) is 29.2 Å². The topological polar surface area (TPSA) is 75.6 Å². The molecular weight excluding hydrogens is 278 g/mol. The first-order valence-corrected chi connectivity index (χ1v) is 7.39. The van der Waals surface area contributed by atoms with E-state index in [-0.39, 0.29) is 12.3 Å². The fraction of sp³-hybridized carbons (Fsp3) is 0.429. The van der Waals surface area contributed by atoms with Crippen LogP contribution >= 0.6 is 11.8 Å². The summed E-state index contributed by atoms with van der Waals surface area (Å²) < 4.78 is 4.93. The molecule has 0 heterocycles. The number of amides is 1. The lowest BCUT2D eigenvalue weighted by Crippen LogP contribution is -2.37. The maximum atomic E-state index is 11.8. The average molecular weight is 297 g/mol. The van der Waals surface area contributed by atoms with Crippen LogP contribution in [0.5, 0.6) is 0 Å². The molecule has 0 spiro atoms.